The molecule has 3 heterocycles. The largest absolute Gasteiger partial charge is 0.468 e. The fourth-order valence-corrected chi connectivity index (χ4v) is 3.46. The molecule has 124 valence electrons. The normalized spacial score (nSPS) is 27.7. The van der Waals surface area contributed by atoms with Crippen molar-refractivity contribution < 1.29 is 14.3 Å². The molecule has 7 nitrogen and oxygen atoms in total. The summed E-state index contributed by atoms with van der Waals surface area (Å²) in [6.07, 6.45) is 1.76. The van der Waals surface area contributed by atoms with E-state index in [1.54, 1.807) is 6.33 Å². The van der Waals surface area contributed by atoms with E-state index < -0.39 is 5.41 Å². The van der Waals surface area contributed by atoms with Crippen molar-refractivity contribution in [2.75, 3.05) is 33.4 Å². The number of rotatable bonds is 4. The topological polar surface area (TPSA) is 69.5 Å². The van der Waals surface area contributed by atoms with Gasteiger partial charge in [-0.3, -0.25) is 9.69 Å². The van der Waals surface area contributed by atoms with Crippen LogP contribution in [0.3, 0.4) is 0 Å². The molecule has 0 aliphatic carbocycles. The van der Waals surface area contributed by atoms with Crippen molar-refractivity contribution in [3.8, 4) is 0 Å². The second-order valence-corrected chi connectivity index (χ2v) is 6.28. The Bertz CT molecular complexity index is 536. The SMILES string of the molecule is COC(=O)[C@@]12COC[C@@H]1CN(Cc1nncn1C(C)C)C2.Cl. The summed E-state index contributed by atoms with van der Waals surface area (Å²) < 4.78 is 12.6. The minimum Gasteiger partial charge on any atom is -0.468 e. The standard InChI is InChI=1S/C14H22N4O3.ClH/c1-10(2)18-9-15-16-12(18)5-17-4-11-6-21-8-14(11,7-17)13(19)20-3;/h9-11H,4-8H2,1-3H3;1H/t11-,14-;/m0./s1. The van der Waals surface area contributed by atoms with Gasteiger partial charge in [0.2, 0.25) is 0 Å². The lowest BCUT2D eigenvalue weighted by atomic mass is 9.81. The zero-order valence-corrected chi connectivity index (χ0v) is 14.0. The Hall–Kier alpha value is -1.18. The first-order valence-electron chi connectivity index (χ1n) is 7.33. The number of ether oxygens (including phenoxy) is 2. The summed E-state index contributed by atoms with van der Waals surface area (Å²) in [6, 6.07) is 0.329. The van der Waals surface area contributed by atoms with Crippen molar-refractivity contribution in [2.24, 2.45) is 11.3 Å². The number of hydrogen-bond donors (Lipinski definition) is 0. The fourth-order valence-electron chi connectivity index (χ4n) is 3.46. The second kappa shape index (κ2) is 6.52. The van der Waals surface area contributed by atoms with E-state index in [1.807, 2.05) is 0 Å². The van der Waals surface area contributed by atoms with Gasteiger partial charge in [-0.05, 0) is 13.8 Å². The van der Waals surface area contributed by atoms with Crippen LogP contribution in [0.15, 0.2) is 6.33 Å². The van der Waals surface area contributed by atoms with Gasteiger partial charge in [0, 0.05) is 25.0 Å². The molecule has 3 rings (SSSR count). The van der Waals surface area contributed by atoms with E-state index in [9.17, 15) is 4.79 Å². The number of methoxy groups -OCH3 is 1. The van der Waals surface area contributed by atoms with Gasteiger partial charge in [-0.1, -0.05) is 0 Å². The third-order valence-electron chi connectivity index (χ3n) is 4.61. The van der Waals surface area contributed by atoms with Crippen LogP contribution in [0.4, 0.5) is 0 Å². The van der Waals surface area contributed by atoms with E-state index in [0.717, 1.165) is 12.4 Å². The second-order valence-electron chi connectivity index (χ2n) is 6.28. The van der Waals surface area contributed by atoms with Gasteiger partial charge in [0.05, 0.1) is 26.9 Å². The van der Waals surface area contributed by atoms with Gasteiger partial charge in [-0.15, -0.1) is 22.6 Å². The average molecular weight is 331 g/mol. The Morgan fingerprint density at radius 1 is 1.59 bits per heavy atom. The number of carbonyl (C=O) groups excluding carboxylic acids is 1. The molecule has 0 saturated carbocycles. The molecule has 8 heteroatoms. The van der Waals surface area contributed by atoms with E-state index >= 15 is 0 Å². The molecule has 1 aromatic heterocycles. The Labute approximate surface area is 136 Å². The number of likely N-dealkylation sites (tertiary alicyclic amines) is 1. The summed E-state index contributed by atoms with van der Waals surface area (Å²) >= 11 is 0. The van der Waals surface area contributed by atoms with Crippen LogP contribution in [0.25, 0.3) is 0 Å². The number of halogens is 1. The van der Waals surface area contributed by atoms with E-state index in [0.29, 0.717) is 32.3 Å². The van der Waals surface area contributed by atoms with Gasteiger partial charge < -0.3 is 14.0 Å². The summed E-state index contributed by atoms with van der Waals surface area (Å²) in [4.78, 5) is 14.4. The first kappa shape index (κ1) is 17.2. The van der Waals surface area contributed by atoms with Crippen molar-refractivity contribution in [3.05, 3.63) is 12.2 Å². The summed E-state index contributed by atoms with van der Waals surface area (Å²) in [5.41, 5.74) is -0.503. The predicted octanol–water partition coefficient (Wildman–Crippen LogP) is 0.902. The molecule has 0 radical (unpaired) electrons. The third-order valence-corrected chi connectivity index (χ3v) is 4.61. The minimum absolute atomic E-state index is 0. The monoisotopic (exact) mass is 330 g/mol. The van der Waals surface area contributed by atoms with Crippen LogP contribution in [-0.2, 0) is 20.8 Å². The lowest BCUT2D eigenvalue weighted by Gasteiger charge is -2.24. The summed E-state index contributed by atoms with van der Waals surface area (Å²) in [7, 11) is 1.45. The Balaban J connectivity index is 0.00000176. The van der Waals surface area contributed by atoms with Gasteiger partial charge in [0.15, 0.2) is 0 Å². The van der Waals surface area contributed by atoms with Crippen molar-refractivity contribution in [1.82, 2.24) is 19.7 Å². The molecule has 0 bridgehead atoms. The van der Waals surface area contributed by atoms with Crippen LogP contribution in [0.5, 0.6) is 0 Å². The highest BCUT2D eigenvalue weighted by Gasteiger charge is 2.56. The van der Waals surface area contributed by atoms with Gasteiger partial charge in [0.1, 0.15) is 17.6 Å². The van der Waals surface area contributed by atoms with E-state index in [-0.39, 0.29) is 24.3 Å². The predicted molar refractivity (Wildman–Crippen MR) is 81.7 cm³/mol. The maximum absolute atomic E-state index is 12.2. The number of aromatic nitrogens is 3. The molecule has 2 fully saturated rings. The number of hydrogen-bond acceptors (Lipinski definition) is 6. The molecule has 22 heavy (non-hydrogen) atoms. The molecule has 0 amide bonds. The highest BCUT2D eigenvalue weighted by molar-refractivity contribution is 5.85. The summed E-state index contributed by atoms with van der Waals surface area (Å²) in [6.45, 7) is 7.49. The van der Waals surface area contributed by atoms with E-state index in [2.05, 4.69) is 33.5 Å². The average Bonchev–Trinajstić information content (AvgIpc) is 3.11. The Kier molecular flexibility index (Phi) is 5.09. The molecule has 2 saturated heterocycles. The summed E-state index contributed by atoms with van der Waals surface area (Å²) in [5.74, 6) is 0.990. The minimum atomic E-state index is -0.503. The first-order valence-corrected chi connectivity index (χ1v) is 7.33. The number of nitrogens with zero attached hydrogens (tertiary/aromatic N) is 4. The Morgan fingerprint density at radius 2 is 2.36 bits per heavy atom. The van der Waals surface area contributed by atoms with Gasteiger partial charge in [-0.25, -0.2) is 0 Å². The lowest BCUT2D eigenvalue weighted by Crippen LogP contribution is -2.40. The van der Waals surface area contributed by atoms with Gasteiger partial charge in [-0.2, -0.15) is 0 Å². The Morgan fingerprint density at radius 3 is 3.05 bits per heavy atom. The van der Waals surface area contributed by atoms with E-state index in [1.165, 1.54) is 7.11 Å². The first-order chi connectivity index (χ1) is 10.1. The fraction of sp³-hybridized carbons (Fsp3) is 0.786. The molecule has 0 aromatic carbocycles. The van der Waals surface area contributed by atoms with Crippen LogP contribution in [-0.4, -0.2) is 59.0 Å². The van der Waals surface area contributed by atoms with Crippen LogP contribution < -0.4 is 0 Å². The molecule has 0 N–H and O–H groups in total. The zero-order chi connectivity index (χ0) is 15.0. The van der Waals surface area contributed by atoms with Crippen molar-refractivity contribution in [1.29, 1.82) is 0 Å². The molecular formula is C14H23ClN4O3. The number of esters is 1. The lowest BCUT2D eigenvalue weighted by molar-refractivity contribution is -0.153. The van der Waals surface area contributed by atoms with Crippen LogP contribution in [0.1, 0.15) is 25.7 Å². The van der Waals surface area contributed by atoms with Gasteiger partial charge in [0.25, 0.3) is 0 Å². The van der Waals surface area contributed by atoms with E-state index in [4.69, 9.17) is 9.47 Å². The molecule has 1 aromatic rings. The van der Waals surface area contributed by atoms with Crippen molar-refractivity contribution in [2.45, 2.75) is 26.4 Å². The maximum Gasteiger partial charge on any atom is 0.315 e. The third kappa shape index (κ3) is 2.73. The van der Waals surface area contributed by atoms with Crippen LogP contribution in [0, 0.1) is 11.3 Å². The quantitative estimate of drug-likeness (QED) is 0.764. The zero-order valence-electron chi connectivity index (χ0n) is 13.2. The highest BCUT2D eigenvalue weighted by Crippen LogP contribution is 2.42. The van der Waals surface area contributed by atoms with Gasteiger partial charge >= 0.3 is 5.97 Å². The van der Waals surface area contributed by atoms with Crippen molar-refractivity contribution in [3.63, 3.8) is 0 Å². The van der Waals surface area contributed by atoms with Crippen molar-refractivity contribution >= 4 is 18.4 Å². The molecule has 2 atom stereocenters. The molecule has 0 unspecified atom stereocenters. The van der Waals surface area contributed by atoms with Crippen LogP contribution in [0.2, 0.25) is 0 Å². The summed E-state index contributed by atoms with van der Waals surface area (Å²) in [5, 5.41) is 8.20. The molecular weight excluding hydrogens is 308 g/mol. The maximum atomic E-state index is 12.2. The smallest absolute Gasteiger partial charge is 0.315 e. The highest BCUT2D eigenvalue weighted by atomic mass is 35.5. The molecule has 0 spiro atoms. The van der Waals surface area contributed by atoms with Crippen LogP contribution >= 0.6 is 12.4 Å². The molecule has 2 aliphatic rings. The molecule has 2 aliphatic heterocycles. The number of fused-ring (bicyclic) bond motifs is 1. The number of carbonyl (C=O) groups is 1.